The van der Waals surface area contributed by atoms with Crippen LogP contribution in [0.25, 0.3) is 11.1 Å². The van der Waals surface area contributed by atoms with Crippen molar-refractivity contribution in [1.82, 2.24) is 19.3 Å². The van der Waals surface area contributed by atoms with Gasteiger partial charge in [0.1, 0.15) is 5.82 Å². The fourth-order valence-corrected chi connectivity index (χ4v) is 2.91. The van der Waals surface area contributed by atoms with Gasteiger partial charge in [0.05, 0.1) is 5.52 Å². The highest BCUT2D eigenvalue weighted by Crippen LogP contribution is 2.19. The lowest BCUT2D eigenvalue weighted by Crippen LogP contribution is -2.14. The smallest absolute Gasteiger partial charge is 0.408 e. The number of rotatable bonds is 3. The van der Waals surface area contributed by atoms with Crippen LogP contribution in [0.2, 0.25) is 0 Å². The number of hydrogen-bond donors (Lipinski definition) is 1. The highest BCUT2D eigenvalue weighted by molar-refractivity contribution is 5.73. The lowest BCUT2D eigenvalue weighted by molar-refractivity contribution is 0.525. The second-order valence-corrected chi connectivity index (χ2v) is 5.63. The second-order valence-electron chi connectivity index (χ2n) is 5.63. The van der Waals surface area contributed by atoms with Gasteiger partial charge in [-0.15, -0.1) is 10.2 Å². The fourth-order valence-electron chi connectivity index (χ4n) is 2.91. The molecule has 0 radical (unpaired) electrons. The van der Waals surface area contributed by atoms with Gasteiger partial charge < -0.3 is 9.73 Å². The molecule has 0 atom stereocenters. The summed E-state index contributed by atoms with van der Waals surface area (Å²) in [5.74, 6) is 1.52. The van der Waals surface area contributed by atoms with Gasteiger partial charge in [-0.3, -0.25) is 9.13 Å². The van der Waals surface area contributed by atoms with E-state index in [4.69, 9.17) is 4.42 Å². The van der Waals surface area contributed by atoms with E-state index in [1.807, 2.05) is 18.2 Å². The van der Waals surface area contributed by atoms with Gasteiger partial charge in [0.25, 0.3) is 0 Å². The Morgan fingerprint density at radius 1 is 1.32 bits per heavy atom. The number of oxazole rings is 1. The van der Waals surface area contributed by atoms with Crippen LogP contribution >= 0.6 is 0 Å². The summed E-state index contributed by atoms with van der Waals surface area (Å²) in [5, 5.41) is 11.8. The van der Waals surface area contributed by atoms with Crippen molar-refractivity contribution in [2.75, 3.05) is 5.32 Å². The van der Waals surface area contributed by atoms with E-state index in [0.29, 0.717) is 12.1 Å². The van der Waals surface area contributed by atoms with Crippen molar-refractivity contribution < 1.29 is 4.42 Å². The summed E-state index contributed by atoms with van der Waals surface area (Å²) in [6, 6.07) is 5.77. The van der Waals surface area contributed by atoms with Crippen LogP contribution in [0.4, 0.5) is 5.95 Å². The van der Waals surface area contributed by atoms with Crippen LogP contribution in [-0.4, -0.2) is 19.3 Å². The zero-order chi connectivity index (χ0) is 15.1. The van der Waals surface area contributed by atoms with Crippen LogP contribution in [-0.2, 0) is 26.6 Å². The molecule has 2 aromatic heterocycles. The van der Waals surface area contributed by atoms with E-state index in [1.54, 1.807) is 7.05 Å². The Kier molecular flexibility index (Phi) is 2.99. The molecule has 1 aliphatic heterocycles. The van der Waals surface area contributed by atoms with E-state index < -0.39 is 0 Å². The van der Waals surface area contributed by atoms with Gasteiger partial charge in [0, 0.05) is 26.6 Å². The summed E-state index contributed by atoms with van der Waals surface area (Å²) in [4.78, 5) is 11.5. The minimum Gasteiger partial charge on any atom is -0.408 e. The molecule has 0 saturated carbocycles. The Morgan fingerprint density at radius 3 is 3.14 bits per heavy atom. The molecule has 1 aliphatic rings. The van der Waals surface area contributed by atoms with Crippen molar-refractivity contribution in [2.45, 2.75) is 32.4 Å². The number of nitrogens with zero attached hydrogens (tertiary/aromatic N) is 4. The third-order valence-electron chi connectivity index (χ3n) is 4.17. The van der Waals surface area contributed by atoms with E-state index in [-0.39, 0.29) is 5.76 Å². The van der Waals surface area contributed by atoms with Gasteiger partial charge in [-0.25, -0.2) is 4.79 Å². The topological polar surface area (TPSA) is 77.9 Å². The largest absolute Gasteiger partial charge is 0.419 e. The normalized spacial score (nSPS) is 14.2. The van der Waals surface area contributed by atoms with Crippen molar-refractivity contribution in [3.8, 4) is 0 Å². The number of anilines is 1. The Morgan fingerprint density at radius 2 is 2.23 bits per heavy atom. The first-order chi connectivity index (χ1) is 10.7. The minimum absolute atomic E-state index is 0.341. The van der Waals surface area contributed by atoms with Crippen molar-refractivity contribution >= 4 is 17.0 Å². The van der Waals surface area contributed by atoms with E-state index in [9.17, 15) is 4.79 Å². The molecule has 1 aromatic carbocycles. The van der Waals surface area contributed by atoms with Crippen molar-refractivity contribution in [2.24, 2.45) is 7.05 Å². The number of aromatic nitrogens is 4. The Labute approximate surface area is 126 Å². The lowest BCUT2D eigenvalue weighted by Gasteiger charge is -2.15. The Balaban J connectivity index is 1.56. The zero-order valence-corrected chi connectivity index (χ0v) is 12.4. The van der Waals surface area contributed by atoms with Gasteiger partial charge in [-0.2, -0.15) is 0 Å². The first kappa shape index (κ1) is 13.1. The van der Waals surface area contributed by atoms with Crippen LogP contribution in [0.15, 0.2) is 27.4 Å². The number of nitrogens with one attached hydrogen (secondary N) is 1. The van der Waals surface area contributed by atoms with Crippen LogP contribution < -0.4 is 11.1 Å². The SMILES string of the molecule is Cn1c(=O)oc2cc(CNc3nnc4n3CCCC4)ccc21. The first-order valence-corrected chi connectivity index (χ1v) is 7.47. The van der Waals surface area contributed by atoms with Crippen molar-refractivity contribution in [3.05, 3.63) is 40.1 Å². The quantitative estimate of drug-likeness (QED) is 0.796. The number of aryl methyl sites for hydroxylation is 2. The maximum absolute atomic E-state index is 11.5. The molecule has 22 heavy (non-hydrogen) atoms. The maximum Gasteiger partial charge on any atom is 0.419 e. The summed E-state index contributed by atoms with van der Waals surface area (Å²) >= 11 is 0. The van der Waals surface area contributed by atoms with Crippen LogP contribution in [0.5, 0.6) is 0 Å². The molecule has 3 heterocycles. The number of fused-ring (bicyclic) bond motifs is 2. The van der Waals surface area contributed by atoms with Gasteiger partial charge in [0.2, 0.25) is 5.95 Å². The van der Waals surface area contributed by atoms with Crippen LogP contribution in [0.1, 0.15) is 24.2 Å². The molecule has 4 rings (SSSR count). The standard InChI is InChI=1S/C15H17N5O2/c1-19-11-6-5-10(8-12(11)22-15(19)21)9-16-14-18-17-13-4-2-3-7-20(13)14/h5-6,8H,2-4,7,9H2,1H3,(H,16,18). The summed E-state index contributed by atoms with van der Waals surface area (Å²) in [6.45, 7) is 1.59. The molecule has 0 bridgehead atoms. The monoisotopic (exact) mass is 299 g/mol. The third-order valence-corrected chi connectivity index (χ3v) is 4.17. The summed E-state index contributed by atoms with van der Waals surface area (Å²) < 4.78 is 8.86. The number of hydrogen-bond acceptors (Lipinski definition) is 5. The Bertz CT molecular complexity index is 889. The molecule has 1 N–H and O–H groups in total. The van der Waals surface area contributed by atoms with Gasteiger partial charge >= 0.3 is 5.76 Å². The van der Waals surface area contributed by atoms with Gasteiger partial charge in [-0.05, 0) is 30.5 Å². The summed E-state index contributed by atoms with van der Waals surface area (Å²) in [7, 11) is 1.70. The molecule has 0 saturated heterocycles. The molecular formula is C15H17N5O2. The predicted molar refractivity (Wildman–Crippen MR) is 81.7 cm³/mol. The molecule has 0 aliphatic carbocycles. The molecule has 0 amide bonds. The van der Waals surface area contributed by atoms with E-state index >= 15 is 0 Å². The van der Waals surface area contributed by atoms with Crippen LogP contribution in [0, 0.1) is 0 Å². The first-order valence-electron chi connectivity index (χ1n) is 7.47. The average Bonchev–Trinajstić information content (AvgIpc) is 3.07. The molecule has 114 valence electrons. The van der Waals surface area contributed by atoms with Gasteiger partial charge in [-0.1, -0.05) is 6.07 Å². The summed E-state index contributed by atoms with van der Waals surface area (Å²) in [5.41, 5.74) is 2.44. The van der Waals surface area contributed by atoms with E-state index in [2.05, 4.69) is 20.1 Å². The van der Waals surface area contributed by atoms with Crippen molar-refractivity contribution in [3.63, 3.8) is 0 Å². The second kappa shape index (κ2) is 5.01. The highest BCUT2D eigenvalue weighted by atomic mass is 16.4. The minimum atomic E-state index is -0.341. The molecule has 7 nitrogen and oxygen atoms in total. The maximum atomic E-state index is 11.5. The van der Waals surface area contributed by atoms with E-state index in [1.165, 1.54) is 17.4 Å². The molecular weight excluding hydrogens is 282 g/mol. The number of benzene rings is 1. The third kappa shape index (κ3) is 2.09. The molecule has 0 unspecified atom stereocenters. The average molecular weight is 299 g/mol. The van der Waals surface area contributed by atoms with Crippen LogP contribution in [0.3, 0.4) is 0 Å². The van der Waals surface area contributed by atoms with Gasteiger partial charge in [0.15, 0.2) is 5.58 Å². The molecule has 7 heteroatoms. The molecule has 0 fully saturated rings. The lowest BCUT2D eigenvalue weighted by atomic mass is 10.2. The van der Waals surface area contributed by atoms with Crippen molar-refractivity contribution in [1.29, 1.82) is 0 Å². The molecule has 0 spiro atoms. The van der Waals surface area contributed by atoms with E-state index in [0.717, 1.165) is 35.8 Å². The zero-order valence-electron chi connectivity index (χ0n) is 12.4. The fraction of sp³-hybridized carbons (Fsp3) is 0.400. The molecule has 3 aromatic rings. The predicted octanol–water partition coefficient (Wildman–Crippen LogP) is 1.67. The Hall–Kier alpha value is -2.57. The highest BCUT2D eigenvalue weighted by Gasteiger charge is 2.15. The summed E-state index contributed by atoms with van der Waals surface area (Å²) in [6.07, 6.45) is 3.35.